The first kappa shape index (κ1) is 18.8. The third-order valence-electron chi connectivity index (χ3n) is 3.66. The molecule has 2 aromatic carbocycles. The van der Waals surface area contributed by atoms with Gasteiger partial charge in [0.2, 0.25) is 0 Å². The van der Waals surface area contributed by atoms with Crippen molar-refractivity contribution in [1.29, 1.82) is 0 Å². The molecule has 0 saturated heterocycles. The fourth-order valence-corrected chi connectivity index (χ4v) is 2.55. The molecule has 0 fully saturated rings. The lowest BCUT2D eigenvalue weighted by atomic mass is 10.1. The Hall–Kier alpha value is -2.49. The van der Waals surface area contributed by atoms with Crippen LogP contribution < -0.4 is 10.1 Å². The number of benzene rings is 2. The number of esters is 1. The van der Waals surface area contributed by atoms with Crippen molar-refractivity contribution in [1.82, 2.24) is 0 Å². The average Bonchev–Trinajstić information content (AvgIpc) is 2.58. The molecule has 0 aromatic heterocycles. The van der Waals surface area contributed by atoms with Gasteiger partial charge >= 0.3 is 5.97 Å². The van der Waals surface area contributed by atoms with Crippen LogP contribution in [0.25, 0.3) is 0 Å². The topological polar surface area (TPSA) is 47.6 Å². The third kappa shape index (κ3) is 6.87. The first-order valence-corrected chi connectivity index (χ1v) is 8.75. The smallest absolute Gasteiger partial charge is 0.302 e. The summed E-state index contributed by atoms with van der Waals surface area (Å²) in [5, 5.41) is 3.46. The zero-order chi connectivity index (χ0) is 18.1. The van der Waals surface area contributed by atoms with Gasteiger partial charge in [-0.15, -0.1) is 0 Å². The van der Waals surface area contributed by atoms with Gasteiger partial charge in [0, 0.05) is 24.7 Å². The molecule has 2 rings (SSSR count). The van der Waals surface area contributed by atoms with Crippen LogP contribution in [0.4, 0.5) is 5.69 Å². The van der Waals surface area contributed by atoms with Crippen molar-refractivity contribution in [2.24, 2.45) is 0 Å². The number of aryl methyl sites for hydroxylation is 1. The molecule has 0 amide bonds. The first-order valence-electron chi connectivity index (χ1n) is 8.75. The molecule has 1 N–H and O–H groups in total. The zero-order valence-electron chi connectivity index (χ0n) is 15.2. The number of nitrogens with one attached hydrogen (secondary N) is 1. The maximum atomic E-state index is 10.8. The van der Waals surface area contributed by atoms with Crippen molar-refractivity contribution in [2.45, 2.75) is 46.3 Å². The lowest BCUT2D eigenvalue weighted by Gasteiger charge is -2.15. The Kier molecular flexibility index (Phi) is 7.33. The summed E-state index contributed by atoms with van der Waals surface area (Å²) in [7, 11) is 0. The highest BCUT2D eigenvalue weighted by atomic mass is 16.5. The van der Waals surface area contributed by atoms with E-state index in [1.165, 1.54) is 12.5 Å². The molecule has 4 heteroatoms. The number of rotatable bonds is 9. The molecule has 134 valence electrons. The van der Waals surface area contributed by atoms with E-state index in [4.69, 9.17) is 9.47 Å². The highest BCUT2D eigenvalue weighted by molar-refractivity contribution is 5.65. The molecule has 0 bridgehead atoms. The minimum atomic E-state index is -0.224. The molecule has 0 unspecified atom stereocenters. The Bertz CT molecular complexity index is 682. The van der Waals surface area contributed by atoms with Crippen molar-refractivity contribution >= 4 is 11.7 Å². The third-order valence-corrected chi connectivity index (χ3v) is 3.66. The van der Waals surface area contributed by atoms with Crippen molar-refractivity contribution in [3.63, 3.8) is 0 Å². The van der Waals surface area contributed by atoms with Crippen LogP contribution in [0.3, 0.4) is 0 Å². The number of para-hydroxylation sites is 1. The van der Waals surface area contributed by atoms with Gasteiger partial charge < -0.3 is 14.8 Å². The average molecular weight is 341 g/mol. The van der Waals surface area contributed by atoms with Crippen molar-refractivity contribution < 1.29 is 14.3 Å². The van der Waals surface area contributed by atoms with Gasteiger partial charge in [0.05, 0.1) is 12.7 Å². The number of hydrogen-bond donors (Lipinski definition) is 1. The van der Waals surface area contributed by atoms with E-state index in [0.717, 1.165) is 29.8 Å². The van der Waals surface area contributed by atoms with Crippen molar-refractivity contribution in [2.75, 3.05) is 11.9 Å². The molecule has 0 spiro atoms. The van der Waals surface area contributed by atoms with Crippen molar-refractivity contribution in [3.05, 3.63) is 59.7 Å². The number of carbonyl (C=O) groups is 1. The van der Waals surface area contributed by atoms with E-state index in [9.17, 15) is 4.79 Å². The maximum Gasteiger partial charge on any atom is 0.302 e. The Morgan fingerprint density at radius 3 is 2.68 bits per heavy atom. The fourth-order valence-electron chi connectivity index (χ4n) is 2.55. The van der Waals surface area contributed by atoms with E-state index >= 15 is 0 Å². The molecule has 0 heterocycles. The van der Waals surface area contributed by atoms with Gasteiger partial charge in [-0.1, -0.05) is 30.3 Å². The first-order chi connectivity index (χ1) is 12.0. The number of carbonyl (C=O) groups excluding carboxylic acids is 1. The lowest BCUT2D eigenvalue weighted by Crippen LogP contribution is -2.09. The van der Waals surface area contributed by atoms with Crippen LogP contribution >= 0.6 is 0 Å². The van der Waals surface area contributed by atoms with Crippen LogP contribution in [0, 0.1) is 0 Å². The number of hydrogen-bond acceptors (Lipinski definition) is 4. The van der Waals surface area contributed by atoms with E-state index in [1.807, 2.05) is 38.1 Å². The maximum absolute atomic E-state index is 10.8. The number of anilines is 1. The fraction of sp³-hybridized carbons (Fsp3) is 0.381. The predicted molar refractivity (Wildman–Crippen MR) is 101 cm³/mol. The summed E-state index contributed by atoms with van der Waals surface area (Å²) in [6.07, 6.45) is 1.87. The second kappa shape index (κ2) is 9.72. The highest BCUT2D eigenvalue weighted by Crippen LogP contribution is 2.21. The van der Waals surface area contributed by atoms with Crippen LogP contribution in [-0.2, 0) is 22.5 Å². The lowest BCUT2D eigenvalue weighted by molar-refractivity contribution is -0.141. The van der Waals surface area contributed by atoms with E-state index < -0.39 is 0 Å². The van der Waals surface area contributed by atoms with Gasteiger partial charge in [-0.2, -0.15) is 0 Å². The Balaban J connectivity index is 1.91. The summed E-state index contributed by atoms with van der Waals surface area (Å²) >= 11 is 0. The van der Waals surface area contributed by atoms with Crippen LogP contribution in [0.2, 0.25) is 0 Å². The molecule has 0 atom stereocenters. The molecule has 2 aromatic rings. The SMILES string of the molecule is CC(=O)OCCCc1cccc(NCc2ccccc2OC(C)C)c1. The molecule has 0 aliphatic heterocycles. The minimum absolute atomic E-state index is 0.154. The molecule has 0 saturated carbocycles. The largest absolute Gasteiger partial charge is 0.491 e. The van der Waals surface area contributed by atoms with Gasteiger partial charge in [-0.05, 0) is 50.5 Å². The van der Waals surface area contributed by atoms with E-state index in [-0.39, 0.29) is 12.1 Å². The van der Waals surface area contributed by atoms with Crippen LogP contribution in [0.1, 0.15) is 38.3 Å². The standard InChI is InChI=1S/C21H27NO3/c1-16(2)25-21-12-5-4-10-19(21)15-22-20-11-6-8-18(14-20)9-7-13-24-17(3)23/h4-6,8,10-12,14,16,22H,7,9,13,15H2,1-3H3. The molecular weight excluding hydrogens is 314 g/mol. The van der Waals surface area contributed by atoms with Crippen LogP contribution in [0.15, 0.2) is 48.5 Å². The summed E-state index contributed by atoms with van der Waals surface area (Å²) < 4.78 is 10.8. The normalized spacial score (nSPS) is 10.6. The molecule has 0 aliphatic carbocycles. The summed E-state index contributed by atoms with van der Waals surface area (Å²) in [6.45, 7) is 6.67. The predicted octanol–water partition coefficient (Wildman–Crippen LogP) is 4.58. The van der Waals surface area contributed by atoms with Crippen LogP contribution in [-0.4, -0.2) is 18.7 Å². The van der Waals surface area contributed by atoms with E-state index in [2.05, 4.69) is 29.6 Å². The molecular formula is C21H27NO3. The quantitative estimate of drug-likeness (QED) is 0.536. The Morgan fingerprint density at radius 2 is 1.92 bits per heavy atom. The Morgan fingerprint density at radius 1 is 1.12 bits per heavy atom. The number of ether oxygens (including phenoxy) is 2. The van der Waals surface area contributed by atoms with Gasteiger partial charge in [-0.25, -0.2) is 0 Å². The molecule has 4 nitrogen and oxygen atoms in total. The summed E-state index contributed by atoms with van der Waals surface area (Å²) in [5.41, 5.74) is 3.43. The summed E-state index contributed by atoms with van der Waals surface area (Å²) in [5.74, 6) is 0.695. The zero-order valence-corrected chi connectivity index (χ0v) is 15.2. The molecule has 25 heavy (non-hydrogen) atoms. The summed E-state index contributed by atoms with van der Waals surface area (Å²) in [4.78, 5) is 10.8. The molecule has 0 aliphatic rings. The highest BCUT2D eigenvalue weighted by Gasteiger charge is 2.05. The minimum Gasteiger partial charge on any atom is -0.491 e. The second-order valence-electron chi connectivity index (χ2n) is 6.27. The molecule has 0 radical (unpaired) electrons. The Labute approximate surface area is 150 Å². The van der Waals surface area contributed by atoms with Crippen LogP contribution in [0.5, 0.6) is 5.75 Å². The monoisotopic (exact) mass is 341 g/mol. The van der Waals surface area contributed by atoms with E-state index in [1.54, 1.807) is 0 Å². The van der Waals surface area contributed by atoms with Gasteiger partial charge in [0.15, 0.2) is 0 Å². The van der Waals surface area contributed by atoms with Gasteiger partial charge in [-0.3, -0.25) is 4.79 Å². The van der Waals surface area contributed by atoms with Gasteiger partial charge in [0.1, 0.15) is 5.75 Å². The summed E-state index contributed by atoms with van der Waals surface area (Å²) in [6, 6.07) is 16.4. The second-order valence-corrected chi connectivity index (χ2v) is 6.27. The van der Waals surface area contributed by atoms with Crippen molar-refractivity contribution in [3.8, 4) is 5.75 Å². The van der Waals surface area contributed by atoms with E-state index in [0.29, 0.717) is 13.2 Å². The van der Waals surface area contributed by atoms with Gasteiger partial charge in [0.25, 0.3) is 0 Å².